The Labute approximate surface area is 262 Å². The maximum atomic E-state index is 13.7. The van der Waals surface area contributed by atoms with Gasteiger partial charge in [0.05, 0.1) is 23.7 Å². The molecule has 9 nitrogen and oxygen atoms in total. The Morgan fingerprint density at radius 3 is 2.42 bits per heavy atom. The Morgan fingerprint density at radius 2 is 1.76 bits per heavy atom. The number of methoxy groups -OCH3 is 1. The molecule has 2 aromatic carbocycles. The van der Waals surface area contributed by atoms with E-state index in [1.54, 1.807) is 21.9 Å². The fourth-order valence-corrected chi connectivity index (χ4v) is 6.07. The predicted molar refractivity (Wildman–Crippen MR) is 162 cm³/mol. The minimum Gasteiger partial charge on any atom is -0.490 e. The summed E-state index contributed by atoms with van der Waals surface area (Å²) in [6.45, 7) is 8.03. The molecule has 1 amide bonds. The van der Waals surface area contributed by atoms with Gasteiger partial charge in [-0.3, -0.25) is 4.57 Å². The van der Waals surface area contributed by atoms with Gasteiger partial charge in [-0.05, 0) is 45.9 Å². The molecule has 0 saturated carbocycles. The number of halogens is 3. The number of fused-ring (bicyclic) bond motifs is 1. The van der Waals surface area contributed by atoms with Gasteiger partial charge < -0.3 is 23.8 Å². The Hall–Kier alpha value is -4.26. The van der Waals surface area contributed by atoms with E-state index >= 15 is 0 Å². The maximum absolute atomic E-state index is 13.7. The number of carbonyl (C=O) groups is 2. The van der Waals surface area contributed by atoms with E-state index in [-0.39, 0.29) is 28.4 Å². The zero-order valence-electron chi connectivity index (χ0n) is 25.5. The molecule has 1 aliphatic heterocycles. The van der Waals surface area contributed by atoms with Crippen molar-refractivity contribution in [3.63, 3.8) is 0 Å². The first-order chi connectivity index (χ1) is 21.2. The molecule has 1 fully saturated rings. The van der Waals surface area contributed by atoms with E-state index in [1.165, 1.54) is 32.2 Å². The fourth-order valence-electron chi connectivity index (χ4n) is 5.08. The van der Waals surface area contributed by atoms with Crippen molar-refractivity contribution in [2.24, 2.45) is 0 Å². The predicted octanol–water partition coefficient (Wildman–Crippen LogP) is 7.81. The molecule has 1 aliphatic rings. The first kappa shape index (κ1) is 32.1. The number of likely N-dealkylation sites (tertiary alicyclic amines) is 1. The van der Waals surface area contributed by atoms with E-state index in [4.69, 9.17) is 18.9 Å². The smallest absolute Gasteiger partial charge is 0.416 e. The number of amides is 1. The van der Waals surface area contributed by atoms with Gasteiger partial charge in [0.1, 0.15) is 40.6 Å². The van der Waals surface area contributed by atoms with Crippen LogP contribution in [-0.4, -0.2) is 58.4 Å². The number of hydrogen-bond donors (Lipinski definition) is 0. The van der Waals surface area contributed by atoms with E-state index < -0.39 is 29.4 Å². The largest absolute Gasteiger partial charge is 0.490 e. The van der Waals surface area contributed by atoms with Gasteiger partial charge in [0, 0.05) is 43.6 Å². The van der Waals surface area contributed by atoms with E-state index in [9.17, 15) is 22.8 Å². The average molecular weight is 646 g/mol. The number of alkyl halides is 3. The lowest BCUT2D eigenvalue weighted by Gasteiger charge is -2.33. The fraction of sp³-hybridized carbons (Fsp3) is 0.406. The van der Waals surface area contributed by atoms with Crippen LogP contribution in [0.25, 0.3) is 16.0 Å². The van der Waals surface area contributed by atoms with Crippen LogP contribution in [-0.2, 0) is 15.7 Å². The minimum absolute atomic E-state index is 0.0552. The van der Waals surface area contributed by atoms with Gasteiger partial charge in [-0.15, -0.1) is 11.3 Å². The van der Waals surface area contributed by atoms with Crippen LogP contribution in [0.1, 0.15) is 67.4 Å². The average Bonchev–Trinajstić information content (AvgIpc) is 3.59. The number of rotatable bonds is 7. The SMILES string of the molecule is COC(=O)c1sc(-n2cnc3ccc(OC4CCN(C(=O)OC(C)(C)C)CC4)cc32)cc1O[C@H](C)c1ccccc1C(F)(F)F. The molecule has 0 spiro atoms. The summed E-state index contributed by atoms with van der Waals surface area (Å²) in [4.78, 5) is 31.4. The zero-order chi connectivity index (χ0) is 32.5. The molecule has 4 aromatic rings. The lowest BCUT2D eigenvalue weighted by molar-refractivity contribution is -0.139. The van der Waals surface area contributed by atoms with Gasteiger partial charge in [-0.1, -0.05) is 18.2 Å². The number of carbonyl (C=O) groups excluding carboxylic acids is 2. The monoisotopic (exact) mass is 645 g/mol. The van der Waals surface area contributed by atoms with Crippen molar-refractivity contribution < 1.29 is 41.7 Å². The summed E-state index contributed by atoms with van der Waals surface area (Å²) in [5.41, 5.74) is -0.0628. The number of ether oxygens (including phenoxy) is 4. The van der Waals surface area contributed by atoms with Crippen molar-refractivity contribution in [1.82, 2.24) is 14.5 Å². The molecule has 3 heterocycles. The van der Waals surface area contributed by atoms with E-state index in [1.807, 2.05) is 39.0 Å². The standard InChI is InChI=1S/C32H34F3N3O6S/c1-19(22-8-6-7-9-23(22)32(33,34)35)42-26-17-27(45-28(26)29(39)41-5)38-18-36-24-11-10-21(16-25(24)38)43-20-12-14-37(15-13-20)30(40)44-31(2,3)4/h6-11,16-20H,12-15H2,1-5H3/t19-/m1/s1. The highest BCUT2D eigenvalue weighted by atomic mass is 32.1. The molecule has 2 aromatic heterocycles. The first-order valence-corrected chi connectivity index (χ1v) is 15.2. The van der Waals surface area contributed by atoms with Crippen molar-refractivity contribution in [3.8, 4) is 16.5 Å². The van der Waals surface area contributed by atoms with Gasteiger partial charge in [-0.2, -0.15) is 13.2 Å². The lowest BCUT2D eigenvalue weighted by Crippen LogP contribution is -2.44. The summed E-state index contributed by atoms with van der Waals surface area (Å²) in [7, 11) is 1.22. The molecule has 0 N–H and O–H groups in total. The second-order valence-electron chi connectivity index (χ2n) is 11.7. The number of piperidine rings is 1. The summed E-state index contributed by atoms with van der Waals surface area (Å²) >= 11 is 1.07. The highest BCUT2D eigenvalue weighted by Gasteiger charge is 2.35. The van der Waals surface area contributed by atoms with Crippen molar-refractivity contribution in [2.75, 3.05) is 20.2 Å². The van der Waals surface area contributed by atoms with Crippen LogP contribution in [0.2, 0.25) is 0 Å². The Balaban J connectivity index is 1.36. The molecule has 1 saturated heterocycles. The first-order valence-electron chi connectivity index (χ1n) is 14.4. The van der Waals surface area contributed by atoms with E-state index in [0.29, 0.717) is 47.7 Å². The summed E-state index contributed by atoms with van der Waals surface area (Å²) < 4.78 is 65.4. The quantitative estimate of drug-likeness (QED) is 0.189. The third-order valence-corrected chi connectivity index (χ3v) is 8.31. The molecule has 13 heteroatoms. The third-order valence-electron chi connectivity index (χ3n) is 7.22. The number of benzene rings is 2. The summed E-state index contributed by atoms with van der Waals surface area (Å²) in [6.07, 6.45) is -3.16. The second-order valence-corrected chi connectivity index (χ2v) is 12.7. The van der Waals surface area contributed by atoms with Gasteiger partial charge in [0.15, 0.2) is 4.88 Å². The van der Waals surface area contributed by atoms with Crippen LogP contribution in [0.5, 0.6) is 11.5 Å². The van der Waals surface area contributed by atoms with Crippen molar-refractivity contribution in [3.05, 3.63) is 70.9 Å². The summed E-state index contributed by atoms with van der Waals surface area (Å²) in [5.74, 6) is 0.0274. The van der Waals surface area contributed by atoms with Crippen LogP contribution in [0.3, 0.4) is 0 Å². The number of imidazole rings is 1. The molecular formula is C32H34F3N3O6S. The van der Waals surface area contributed by atoms with Crippen molar-refractivity contribution in [1.29, 1.82) is 0 Å². The van der Waals surface area contributed by atoms with Gasteiger partial charge in [0.25, 0.3) is 0 Å². The zero-order valence-corrected chi connectivity index (χ0v) is 26.3. The molecule has 0 radical (unpaired) electrons. The molecular weight excluding hydrogens is 611 g/mol. The minimum atomic E-state index is -4.57. The number of hydrogen-bond acceptors (Lipinski definition) is 8. The summed E-state index contributed by atoms with van der Waals surface area (Å²) in [5, 5.41) is 0.548. The molecule has 45 heavy (non-hydrogen) atoms. The number of esters is 1. The summed E-state index contributed by atoms with van der Waals surface area (Å²) in [6, 6.07) is 12.2. The highest BCUT2D eigenvalue weighted by molar-refractivity contribution is 7.16. The maximum Gasteiger partial charge on any atom is 0.416 e. The van der Waals surface area contributed by atoms with E-state index in [0.717, 1.165) is 17.4 Å². The van der Waals surface area contributed by atoms with Crippen molar-refractivity contribution >= 4 is 34.4 Å². The number of thiophene rings is 1. The van der Waals surface area contributed by atoms with Gasteiger partial charge in [0.2, 0.25) is 0 Å². The molecule has 0 bridgehead atoms. The van der Waals surface area contributed by atoms with Gasteiger partial charge in [-0.25, -0.2) is 14.6 Å². The molecule has 240 valence electrons. The Morgan fingerprint density at radius 1 is 1.04 bits per heavy atom. The topological polar surface area (TPSA) is 92.1 Å². The lowest BCUT2D eigenvalue weighted by atomic mass is 10.0. The van der Waals surface area contributed by atoms with Crippen molar-refractivity contribution in [2.45, 2.75) is 64.5 Å². The van der Waals surface area contributed by atoms with Crippen LogP contribution >= 0.6 is 11.3 Å². The third kappa shape index (κ3) is 7.35. The molecule has 5 rings (SSSR count). The van der Waals surface area contributed by atoms with E-state index in [2.05, 4.69) is 4.98 Å². The van der Waals surface area contributed by atoms with Crippen LogP contribution in [0.15, 0.2) is 54.9 Å². The normalized spacial score (nSPS) is 15.2. The number of nitrogens with zero attached hydrogens (tertiary/aromatic N) is 3. The van der Waals surface area contributed by atoms with Crippen LogP contribution in [0.4, 0.5) is 18.0 Å². The highest BCUT2D eigenvalue weighted by Crippen LogP contribution is 2.40. The van der Waals surface area contributed by atoms with Gasteiger partial charge >= 0.3 is 18.2 Å². The van der Waals surface area contributed by atoms with Crippen LogP contribution in [0, 0.1) is 0 Å². The Kier molecular flexibility index (Phi) is 9.02. The molecule has 0 unspecified atom stereocenters. The second kappa shape index (κ2) is 12.6. The van der Waals surface area contributed by atoms with Crippen LogP contribution < -0.4 is 9.47 Å². The molecule has 0 aliphatic carbocycles. The molecule has 1 atom stereocenters. The Bertz CT molecular complexity index is 1690. The number of aromatic nitrogens is 2.